The van der Waals surface area contributed by atoms with Crippen LogP contribution in [0.1, 0.15) is 64.5 Å². The average molecular weight is 401 g/mol. The molecule has 0 radical (unpaired) electrons. The van der Waals surface area contributed by atoms with Gasteiger partial charge in [0, 0.05) is 5.39 Å². The first kappa shape index (κ1) is 22.8. The number of rotatable bonds is 12. The Hall–Kier alpha value is -2.44. The van der Waals surface area contributed by atoms with Gasteiger partial charge in [-0.05, 0) is 55.3 Å². The van der Waals surface area contributed by atoms with Gasteiger partial charge in [0.05, 0.1) is 30.9 Å². The van der Waals surface area contributed by atoms with Crippen molar-refractivity contribution in [2.24, 2.45) is 5.18 Å². The van der Waals surface area contributed by atoms with Crippen molar-refractivity contribution in [3.8, 4) is 5.75 Å². The maximum absolute atomic E-state index is 11.4. The maximum atomic E-state index is 11.4. The molecule has 0 amide bonds. The van der Waals surface area contributed by atoms with Crippen molar-refractivity contribution in [1.82, 2.24) is 0 Å². The first-order valence-electron chi connectivity index (χ1n) is 10.2. The maximum Gasteiger partial charge on any atom is 0.129 e. The van der Waals surface area contributed by atoms with E-state index in [1.165, 1.54) is 18.4 Å². The van der Waals surface area contributed by atoms with E-state index in [1.807, 2.05) is 26.0 Å². The zero-order valence-electron chi connectivity index (χ0n) is 17.8. The van der Waals surface area contributed by atoms with Gasteiger partial charge in [0.25, 0.3) is 0 Å². The zero-order valence-corrected chi connectivity index (χ0v) is 17.8. The van der Waals surface area contributed by atoms with Gasteiger partial charge in [0.1, 0.15) is 11.4 Å². The normalized spacial score (nSPS) is 11.9. The van der Waals surface area contributed by atoms with Crippen LogP contribution in [0, 0.1) is 4.91 Å². The number of nitrogens with one attached hydrogen (secondary N) is 1. The Morgan fingerprint density at radius 1 is 1.24 bits per heavy atom. The van der Waals surface area contributed by atoms with E-state index in [9.17, 15) is 10.1 Å². The summed E-state index contributed by atoms with van der Waals surface area (Å²) in [6, 6.07) is 7.03. The van der Waals surface area contributed by atoms with Crippen LogP contribution in [0.15, 0.2) is 41.1 Å². The van der Waals surface area contributed by atoms with Gasteiger partial charge in [-0.2, -0.15) is 0 Å². The predicted octanol–water partition coefficient (Wildman–Crippen LogP) is 7.04. The van der Waals surface area contributed by atoms with Gasteiger partial charge in [-0.3, -0.25) is 10.7 Å². The second kappa shape index (κ2) is 11.5. The summed E-state index contributed by atoms with van der Waals surface area (Å²) in [5.74, 6) is 0.559. The van der Waals surface area contributed by atoms with E-state index in [0.29, 0.717) is 34.5 Å². The van der Waals surface area contributed by atoms with Gasteiger partial charge in [-0.25, -0.2) is 0 Å². The number of methoxy groups -OCH3 is 1. The quantitative estimate of drug-likeness (QED) is 0.173. The Kier molecular flexibility index (Phi) is 9.09. The van der Waals surface area contributed by atoms with Crippen LogP contribution in [0.5, 0.6) is 5.75 Å². The molecule has 2 N–H and O–H groups in total. The number of unbranched alkanes of at least 4 members (excludes halogenated alkanes) is 3. The van der Waals surface area contributed by atoms with Crippen molar-refractivity contribution in [3.63, 3.8) is 0 Å². The largest absolute Gasteiger partial charge is 0.496 e. The summed E-state index contributed by atoms with van der Waals surface area (Å²) in [5.41, 5.74) is 5.08. The van der Waals surface area contributed by atoms with Gasteiger partial charge >= 0.3 is 0 Å². The molecule has 0 aromatic heterocycles. The van der Waals surface area contributed by atoms with Crippen LogP contribution < -0.4 is 10.2 Å². The number of benzene rings is 2. The van der Waals surface area contributed by atoms with Gasteiger partial charge in [0.15, 0.2) is 0 Å². The molecule has 0 saturated carbocycles. The Bertz CT molecular complexity index is 844. The molecular formula is C23H32N2O4. The molecule has 0 spiro atoms. The molecule has 6 nitrogen and oxygen atoms in total. The van der Waals surface area contributed by atoms with Gasteiger partial charge in [-0.1, -0.05) is 44.3 Å². The summed E-state index contributed by atoms with van der Waals surface area (Å²) in [6.07, 6.45) is 7.42. The highest BCUT2D eigenvalue weighted by Gasteiger charge is 2.18. The molecule has 0 saturated heterocycles. The summed E-state index contributed by atoms with van der Waals surface area (Å²) >= 11 is 0. The molecular weight excluding hydrogens is 368 g/mol. The van der Waals surface area contributed by atoms with Crippen molar-refractivity contribution in [1.29, 1.82) is 0 Å². The third kappa shape index (κ3) is 6.02. The average Bonchev–Trinajstić information content (AvgIpc) is 2.73. The number of anilines is 1. The fourth-order valence-electron chi connectivity index (χ4n) is 3.41. The highest BCUT2D eigenvalue weighted by molar-refractivity contribution is 6.05. The Balaban J connectivity index is 2.48. The SMILES string of the molecule is CCCCCCC(OCC=C(C)C)c1cc(OC)c2c(NO)ccc(N=O)c2c1. The minimum Gasteiger partial charge on any atom is -0.496 e. The minimum atomic E-state index is -0.119. The first-order chi connectivity index (χ1) is 14.0. The third-order valence-electron chi connectivity index (χ3n) is 5.00. The van der Waals surface area contributed by atoms with E-state index < -0.39 is 0 Å². The molecule has 1 unspecified atom stereocenters. The molecule has 0 bridgehead atoms. The zero-order chi connectivity index (χ0) is 21.2. The number of nitroso groups, excluding NO2 is 1. The van der Waals surface area contributed by atoms with E-state index >= 15 is 0 Å². The lowest BCUT2D eigenvalue weighted by atomic mass is 9.97. The van der Waals surface area contributed by atoms with Crippen LogP contribution in [0.2, 0.25) is 0 Å². The molecule has 0 aliphatic heterocycles. The van der Waals surface area contributed by atoms with Crippen molar-refractivity contribution in [2.45, 2.75) is 59.0 Å². The lowest BCUT2D eigenvalue weighted by Gasteiger charge is -2.20. The topological polar surface area (TPSA) is 80.2 Å². The fraction of sp³-hybridized carbons (Fsp3) is 0.478. The molecule has 2 rings (SSSR count). The first-order valence-corrected chi connectivity index (χ1v) is 10.2. The summed E-state index contributed by atoms with van der Waals surface area (Å²) in [7, 11) is 1.57. The molecule has 29 heavy (non-hydrogen) atoms. The van der Waals surface area contributed by atoms with Crippen LogP contribution in [0.3, 0.4) is 0 Å². The van der Waals surface area contributed by atoms with E-state index in [4.69, 9.17) is 9.47 Å². The standard InChI is InChI=1S/C23H32N2O4/c1-5-6-7-8-9-21(29-13-12-16(2)3)17-14-18-19(24-26)10-11-20(25-27)23(18)22(15-17)28-4/h10-12,14-15,21,25,27H,5-9,13H2,1-4H3. The van der Waals surface area contributed by atoms with Gasteiger partial charge in [0.2, 0.25) is 0 Å². The Morgan fingerprint density at radius 3 is 2.66 bits per heavy atom. The van der Waals surface area contributed by atoms with Crippen molar-refractivity contribution in [3.05, 3.63) is 46.4 Å². The third-order valence-corrected chi connectivity index (χ3v) is 5.00. The van der Waals surface area contributed by atoms with Crippen LogP contribution in [-0.4, -0.2) is 18.9 Å². The van der Waals surface area contributed by atoms with Crippen molar-refractivity contribution >= 4 is 22.1 Å². The molecule has 6 heteroatoms. The second-order valence-electron chi connectivity index (χ2n) is 7.43. The monoisotopic (exact) mass is 400 g/mol. The molecule has 0 fully saturated rings. The summed E-state index contributed by atoms with van der Waals surface area (Å²) in [4.78, 5) is 11.4. The van der Waals surface area contributed by atoms with Gasteiger partial charge in [-0.15, -0.1) is 4.91 Å². The predicted molar refractivity (Wildman–Crippen MR) is 118 cm³/mol. The van der Waals surface area contributed by atoms with Crippen LogP contribution in [0.4, 0.5) is 11.4 Å². The molecule has 2 aromatic carbocycles. The van der Waals surface area contributed by atoms with E-state index in [-0.39, 0.29) is 6.10 Å². The highest BCUT2D eigenvalue weighted by atomic mass is 16.5. The number of ether oxygens (including phenoxy) is 2. The van der Waals surface area contributed by atoms with Crippen molar-refractivity contribution in [2.75, 3.05) is 19.2 Å². The Morgan fingerprint density at radius 2 is 2.03 bits per heavy atom. The highest BCUT2D eigenvalue weighted by Crippen LogP contribution is 2.41. The van der Waals surface area contributed by atoms with E-state index in [1.54, 1.807) is 19.2 Å². The molecule has 0 aliphatic rings. The Labute approximate surface area is 172 Å². The van der Waals surface area contributed by atoms with Crippen LogP contribution >= 0.6 is 0 Å². The number of hydrogen-bond acceptors (Lipinski definition) is 6. The number of fused-ring (bicyclic) bond motifs is 1. The summed E-state index contributed by atoms with van der Waals surface area (Å²) < 4.78 is 11.8. The van der Waals surface area contributed by atoms with Gasteiger partial charge < -0.3 is 9.47 Å². The number of allylic oxidation sites excluding steroid dienone is 1. The van der Waals surface area contributed by atoms with Crippen LogP contribution in [0.25, 0.3) is 10.8 Å². The molecule has 0 aliphatic carbocycles. The summed E-state index contributed by atoms with van der Waals surface area (Å²) in [5, 5.41) is 13.9. The smallest absolute Gasteiger partial charge is 0.129 e. The number of hydrogen-bond donors (Lipinski definition) is 2. The minimum absolute atomic E-state index is 0.119. The van der Waals surface area contributed by atoms with E-state index in [2.05, 4.69) is 23.7 Å². The molecule has 1 atom stereocenters. The van der Waals surface area contributed by atoms with Crippen LogP contribution in [-0.2, 0) is 4.74 Å². The van der Waals surface area contributed by atoms with Crippen molar-refractivity contribution < 1.29 is 14.7 Å². The second-order valence-corrected chi connectivity index (χ2v) is 7.43. The fourth-order valence-corrected chi connectivity index (χ4v) is 3.41. The molecule has 2 aromatic rings. The van der Waals surface area contributed by atoms with E-state index in [0.717, 1.165) is 24.8 Å². The molecule has 0 heterocycles. The summed E-state index contributed by atoms with van der Waals surface area (Å²) in [6.45, 7) is 6.81. The lowest BCUT2D eigenvalue weighted by Crippen LogP contribution is -2.06. The molecule has 158 valence electrons. The number of nitrogens with zero attached hydrogens (tertiary/aromatic N) is 1. The lowest BCUT2D eigenvalue weighted by molar-refractivity contribution is 0.0649.